The highest BCUT2D eigenvalue weighted by Gasteiger charge is 2.11. The first-order chi connectivity index (χ1) is 12.7. The zero-order chi connectivity index (χ0) is 19.4. The van der Waals surface area contributed by atoms with E-state index in [-0.39, 0.29) is 22.6 Å². The molecule has 0 spiro atoms. The van der Waals surface area contributed by atoms with Crippen LogP contribution in [0.3, 0.4) is 0 Å². The molecule has 0 aliphatic carbocycles. The Balaban J connectivity index is 3.74. The minimum Gasteiger partial charge on any atom is -0.493 e. The zero-order valence-corrected chi connectivity index (χ0v) is 15.0. The van der Waals surface area contributed by atoms with Crippen LogP contribution < -0.4 is 19.9 Å². The average molecular weight is 348 g/mol. The number of benzene rings is 1. The maximum atomic E-state index is 9.24. The summed E-state index contributed by atoms with van der Waals surface area (Å²) in [5, 5.41) is 37.5. The maximum Gasteiger partial charge on any atom is 0.140 e. The van der Waals surface area contributed by atoms with Crippen LogP contribution in [0.4, 0.5) is 0 Å². The number of nitrogens with zero attached hydrogens (tertiary/aromatic N) is 4. The number of unbranched alkanes of at least 4 members (excludes halogenated alkanes) is 2. The van der Waals surface area contributed by atoms with Crippen molar-refractivity contribution in [3.63, 3.8) is 0 Å². The number of ether oxygens (including phenoxy) is 2. The van der Waals surface area contributed by atoms with Crippen LogP contribution in [0.25, 0.3) is 11.1 Å². The van der Waals surface area contributed by atoms with Gasteiger partial charge in [0.25, 0.3) is 0 Å². The first-order valence-corrected chi connectivity index (χ1v) is 8.45. The van der Waals surface area contributed by atoms with Crippen molar-refractivity contribution in [2.24, 2.45) is 0 Å². The van der Waals surface area contributed by atoms with E-state index < -0.39 is 0 Å². The Hall–Kier alpha value is -3.48. The predicted molar refractivity (Wildman–Crippen MR) is 95.8 cm³/mol. The molecule has 1 rings (SSSR count). The van der Waals surface area contributed by atoms with Gasteiger partial charge in [-0.05, 0) is 25.0 Å². The first kappa shape index (κ1) is 20.6. The van der Waals surface area contributed by atoms with E-state index in [1.807, 2.05) is 38.1 Å². The van der Waals surface area contributed by atoms with Gasteiger partial charge in [0.15, 0.2) is 0 Å². The van der Waals surface area contributed by atoms with Crippen LogP contribution in [-0.4, -0.2) is 13.2 Å². The van der Waals surface area contributed by atoms with Crippen molar-refractivity contribution in [3.05, 3.63) is 22.6 Å². The molecule has 0 saturated carbocycles. The molecule has 1 aromatic rings. The summed E-state index contributed by atoms with van der Waals surface area (Å²) >= 11 is 0. The van der Waals surface area contributed by atoms with Crippen molar-refractivity contribution in [2.45, 2.75) is 39.5 Å². The quantitative estimate of drug-likeness (QED) is 0.667. The normalized spacial score (nSPS) is 9.15. The molecule has 0 aliphatic heterocycles. The smallest absolute Gasteiger partial charge is 0.140 e. The Labute approximate surface area is 153 Å². The summed E-state index contributed by atoms with van der Waals surface area (Å²) in [6.45, 7) is 4.83. The van der Waals surface area contributed by atoms with Crippen LogP contribution in [0.5, 0.6) is 11.5 Å². The van der Waals surface area contributed by atoms with Crippen LogP contribution in [0.15, 0.2) is 12.1 Å². The molecule has 0 saturated heterocycles. The van der Waals surface area contributed by atoms with Crippen LogP contribution in [0.2, 0.25) is 0 Å². The monoisotopic (exact) mass is 348 g/mol. The van der Waals surface area contributed by atoms with Gasteiger partial charge >= 0.3 is 0 Å². The van der Waals surface area contributed by atoms with Crippen LogP contribution in [-0.2, 0) is 0 Å². The molecule has 0 unspecified atom stereocenters. The maximum absolute atomic E-state index is 9.24. The zero-order valence-electron chi connectivity index (χ0n) is 15.0. The summed E-state index contributed by atoms with van der Waals surface area (Å²) < 4.78 is 11.4. The highest BCUT2D eigenvalue weighted by molar-refractivity contribution is 5.77. The van der Waals surface area contributed by atoms with Gasteiger partial charge < -0.3 is 9.47 Å². The molecule has 0 atom stereocenters. The predicted octanol–water partition coefficient (Wildman–Crippen LogP) is 2.44. The fourth-order valence-electron chi connectivity index (χ4n) is 2.13. The van der Waals surface area contributed by atoms with Crippen molar-refractivity contribution in [2.75, 3.05) is 13.2 Å². The molecule has 6 heteroatoms. The van der Waals surface area contributed by atoms with E-state index in [1.54, 1.807) is 0 Å². The fourth-order valence-corrected chi connectivity index (χ4v) is 2.13. The van der Waals surface area contributed by atoms with Crippen molar-refractivity contribution >= 4 is 11.1 Å². The summed E-state index contributed by atoms with van der Waals surface area (Å²) in [6.07, 6.45) is 3.43. The number of hydrogen-bond acceptors (Lipinski definition) is 6. The summed E-state index contributed by atoms with van der Waals surface area (Å²) in [7, 11) is 0. The third kappa shape index (κ3) is 5.27. The Kier molecular flexibility index (Phi) is 8.81. The molecule has 26 heavy (non-hydrogen) atoms. The van der Waals surface area contributed by atoms with Crippen molar-refractivity contribution in [1.29, 1.82) is 21.0 Å². The highest BCUT2D eigenvalue weighted by atomic mass is 16.5. The first-order valence-electron chi connectivity index (χ1n) is 8.45. The summed E-state index contributed by atoms with van der Waals surface area (Å²) in [5.41, 5.74) is -0.224. The Morgan fingerprint density at radius 2 is 1.08 bits per heavy atom. The van der Waals surface area contributed by atoms with Gasteiger partial charge in [0, 0.05) is 10.4 Å². The lowest BCUT2D eigenvalue weighted by molar-refractivity contribution is 0.297. The molecular formula is C20H20N4O2. The SMILES string of the molecule is CCCCOc1cc(=C(C#N)C#N)c(OCCCC)cc1=C(C#N)C#N. The van der Waals surface area contributed by atoms with E-state index in [0.29, 0.717) is 23.7 Å². The van der Waals surface area contributed by atoms with Gasteiger partial charge in [0.2, 0.25) is 0 Å². The van der Waals surface area contributed by atoms with Crippen molar-refractivity contribution in [1.82, 2.24) is 0 Å². The average Bonchev–Trinajstić information content (AvgIpc) is 2.66. The van der Waals surface area contributed by atoms with Gasteiger partial charge in [0.1, 0.15) is 46.9 Å². The molecule has 0 fully saturated rings. The number of rotatable bonds is 8. The second kappa shape index (κ2) is 11.1. The second-order valence-corrected chi connectivity index (χ2v) is 5.45. The third-order valence-corrected chi connectivity index (χ3v) is 3.58. The molecule has 0 radical (unpaired) electrons. The summed E-state index contributed by atoms with van der Waals surface area (Å²) in [5.74, 6) is 0.579. The molecule has 0 aliphatic rings. The van der Waals surface area contributed by atoms with Gasteiger partial charge in [-0.1, -0.05) is 26.7 Å². The number of nitriles is 4. The second-order valence-electron chi connectivity index (χ2n) is 5.45. The number of hydrogen-bond donors (Lipinski definition) is 0. The molecule has 0 N–H and O–H groups in total. The third-order valence-electron chi connectivity index (χ3n) is 3.58. The molecule has 1 aromatic carbocycles. The van der Waals surface area contributed by atoms with Crippen LogP contribution >= 0.6 is 0 Å². The van der Waals surface area contributed by atoms with Crippen molar-refractivity contribution < 1.29 is 9.47 Å². The lowest BCUT2D eigenvalue weighted by atomic mass is 10.1. The molecule has 0 amide bonds. The lowest BCUT2D eigenvalue weighted by Crippen LogP contribution is -2.21. The van der Waals surface area contributed by atoms with Crippen molar-refractivity contribution in [3.8, 4) is 35.8 Å². The molecule has 0 heterocycles. The summed E-state index contributed by atoms with van der Waals surface area (Å²) in [4.78, 5) is 0. The molecule has 0 aromatic heterocycles. The van der Waals surface area contributed by atoms with Gasteiger partial charge in [-0.2, -0.15) is 21.0 Å². The van der Waals surface area contributed by atoms with E-state index in [9.17, 15) is 21.0 Å². The topological polar surface area (TPSA) is 114 Å². The van der Waals surface area contributed by atoms with Gasteiger partial charge in [-0.15, -0.1) is 0 Å². The molecule has 6 nitrogen and oxygen atoms in total. The largest absolute Gasteiger partial charge is 0.493 e. The standard InChI is InChI=1S/C20H20N4O2/c1-3-5-7-25-19-9-18(16(13-23)14-24)20(26-8-6-4-2)10-17(19)15(11-21)12-22/h9-10H,3-8H2,1-2H3. The highest BCUT2D eigenvalue weighted by Crippen LogP contribution is 2.12. The molecule has 132 valence electrons. The van der Waals surface area contributed by atoms with Crippen LogP contribution in [0, 0.1) is 45.3 Å². The Bertz CT molecular complexity index is 812. The van der Waals surface area contributed by atoms with Crippen LogP contribution in [0.1, 0.15) is 39.5 Å². The Morgan fingerprint density at radius 1 is 0.731 bits per heavy atom. The van der Waals surface area contributed by atoms with Gasteiger partial charge in [-0.3, -0.25) is 0 Å². The fraction of sp³-hybridized carbons (Fsp3) is 0.400. The minimum atomic E-state index is -0.112. The lowest BCUT2D eigenvalue weighted by Gasteiger charge is -2.11. The van der Waals surface area contributed by atoms with E-state index in [2.05, 4.69) is 0 Å². The van der Waals surface area contributed by atoms with Gasteiger partial charge in [-0.25, -0.2) is 0 Å². The minimum absolute atomic E-state index is 0.112. The molecule has 0 bridgehead atoms. The Morgan fingerprint density at radius 3 is 1.35 bits per heavy atom. The van der Waals surface area contributed by atoms with E-state index >= 15 is 0 Å². The van der Waals surface area contributed by atoms with Gasteiger partial charge in [0.05, 0.1) is 13.2 Å². The van der Waals surface area contributed by atoms with E-state index in [4.69, 9.17) is 9.47 Å². The molecular weight excluding hydrogens is 328 g/mol. The van der Waals surface area contributed by atoms with E-state index in [1.165, 1.54) is 12.1 Å². The summed E-state index contributed by atoms with van der Waals surface area (Å²) in [6, 6.07) is 10.4. The van der Waals surface area contributed by atoms with E-state index in [0.717, 1.165) is 25.7 Å².